The molecule has 0 radical (unpaired) electrons. The molecule has 1 N–H and O–H groups in total. The summed E-state index contributed by atoms with van der Waals surface area (Å²) in [7, 11) is 0. The standard InChI is InChI=1S/C18H32N2O/c1-6-9-12-20(7-2)17-11-10-16(14-19-15(4)5)13-18(17)21-8-3/h10-11,13,15,19H,6-9,12,14H2,1-5H3. The van der Waals surface area contributed by atoms with Crippen LogP contribution < -0.4 is 15.0 Å². The summed E-state index contributed by atoms with van der Waals surface area (Å²) in [5.41, 5.74) is 2.50. The molecule has 0 aliphatic rings. The van der Waals surface area contributed by atoms with E-state index >= 15 is 0 Å². The van der Waals surface area contributed by atoms with E-state index in [9.17, 15) is 0 Å². The van der Waals surface area contributed by atoms with Crippen molar-refractivity contribution in [2.45, 2.75) is 60.0 Å². The van der Waals surface area contributed by atoms with E-state index in [1.165, 1.54) is 24.1 Å². The van der Waals surface area contributed by atoms with E-state index in [4.69, 9.17) is 4.74 Å². The zero-order chi connectivity index (χ0) is 15.7. The van der Waals surface area contributed by atoms with Crippen molar-refractivity contribution in [3.63, 3.8) is 0 Å². The van der Waals surface area contributed by atoms with Gasteiger partial charge in [0.05, 0.1) is 12.3 Å². The Bertz CT molecular complexity index is 404. The maximum Gasteiger partial charge on any atom is 0.142 e. The van der Waals surface area contributed by atoms with Crippen molar-refractivity contribution in [3.8, 4) is 5.75 Å². The number of rotatable bonds is 10. The fraction of sp³-hybridized carbons (Fsp3) is 0.667. The zero-order valence-corrected chi connectivity index (χ0v) is 14.4. The molecule has 1 aromatic rings. The molecular formula is C18H32N2O. The van der Waals surface area contributed by atoms with Crippen LogP contribution >= 0.6 is 0 Å². The molecule has 120 valence electrons. The minimum absolute atomic E-state index is 0.497. The maximum absolute atomic E-state index is 5.88. The van der Waals surface area contributed by atoms with Gasteiger partial charge in [-0.15, -0.1) is 0 Å². The number of anilines is 1. The Balaban J connectivity index is 2.91. The topological polar surface area (TPSA) is 24.5 Å². The van der Waals surface area contributed by atoms with Crippen molar-refractivity contribution in [1.29, 1.82) is 0 Å². The summed E-state index contributed by atoms with van der Waals surface area (Å²) in [6.07, 6.45) is 2.44. The van der Waals surface area contributed by atoms with Crippen LogP contribution in [-0.2, 0) is 6.54 Å². The van der Waals surface area contributed by atoms with Crippen LogP contribution in [0.3, 0.4) is 0 Å². The van der Waals surface area contributed by atoms with Gasteiger partial charge in [0.1, 0.15) is 5.75 Å². The predicted molar refractivity (Wildman–Crippen MR) is 92.4 cm³/mol. The number of ether oxygens (including phenoxy) is 1. The molecule has 1 rings (SSSR count). The van der Waals surface area contributed by atoms with Gasteiger partial charge in [-0.2, -0.15) is 0 Å². The fourth-order valence-corrected chi connectivity index (χ4v) is 2.32. The van der Waals surface area contributed by atoms with Crippen molar-refractivity contribution in [2.24, 2.45) is 0 Å². The van der Waals surface area contributed by atoms with Crippen molar-refractivity contribution < 1.29 is 4.74 Å². The lowest BCUT2D eigenvalue weighted by Gasteiger charge is -2.26. The third-order valence-corrected chi connectivity index (χ3v) is 3.54. The number of nitrogens with zero attached hydrogens (tertiary/aromatic N) is 1. The van der Waals surface area contributed by atoms with Crippen LogP contribution in [0.2, 0.25) is 0 Å². The summed E-state index contributed by atoms with van der Waals surface area (Å²) >= 11 is 0. The minimum atomic E-state index is 0.497. The van der Waals surface area contributed by atoms with Gasteiger partial charge in [0.15, 0.2) is 0 Å². The average Bonchev–Trinajstić information content (AvgIpc) is 2.47. The van der Waals surface area contributed by atoms with Gasteiger partial charge >= 0.3 is 0 Å². The molecule has 1 aromatic carbocycles. The van der Waals surface area contributed by atoms with Gasteiger partial charge in [-0.1, -0.05) is 33.3 Å². The van der Waals surface area contributed by atoms with E-state index in [0.29, 0.717) is 12.6 Å². The van der Waals surface area contributed by atoms with Crippen LogP contribution in [0.5, 0.6) is 5.75 Å². The van der Waals surface area contributed by atoms with Crippen LogP contribution in [0.25, 0.3) is 0 Å². The summed E-state index contributed by atoms with van der Waals surface area (Å²) in [6.45, 7) is 14.5. The molecule has 0 saturated heterocycles. The molecule has 0 amide bonds. The normalized spacial score (nSPS) is 11.0. The lowest BCUT2D eigenvalue weighted by Crippen LogP contribution is -2.25. The average molecular weight is 292 g/mol. The largest absolute Gasteiger partial charge is 0.492 e. The maximum atomic E-state index is 5.88. The van der Waals surface area contributed by atoms with Gasteiger partial charge in [0.2, 0.25) is 0 Å². The Hall–Kier alpha value is -1.22. The van der Waals surface area contributed by atoms with Crippen molar-refractivity contribution in [1.82, 2.24) is 5.32 Å². The Morgan fingerprint density at radius 1 is 1.19 bits per heavy atom. The number of benzene rings is 1. The van der Waals surface area contributed by atoms with Gasteiger partial charge in [-0.3, -0.25) is 0 Å². The molecule has 0 spiro atoms. The van der Waals surface area contributed by atoms with E-state index in [0.717, 1.165) is 25.4 Å². The molecule has 0 fully saturated rings. The Labute approximate surface area is 130 Å². The molecule has 0 saturated carbocycles. The third kappa shape index (κ3) is 5.96. The number of hydrogen-bond acceptors (Lipinski definition) is 3. The highest BCUT2D eigenvalue weighted by molar-refractivity contribution is 5.59. The lowest BCUT2D eigenvalue weighted by molar-refractivity contribution is 0.340. The van der Waals surface area contributed by atoms with E-state index in [1.807, 2.05) is 6.92 Å². The molecule has 0 unspecified atom stereocenters. The van der Waals surface area contributed by atoms with Crippen molar-refractivity contribution >= 4 is 5.69 Å². The SMILES string of the molecule is CCCCN(CC)c1ccc(CNC(C)C)cc1OCC. The number of nitrogens with one attached hydrogen (secondary N) is 1. The van der Waals surface area contributed by atoms with Gasteiger partial charge < -0.3 is 15.0 Å². The zero-order valence-electron chi connectivity index (χ0n) is 14.4. The second-order valence-corrected chi connectivity index (χ2v) is 5.70. The first-order chi connectivity index (χ1) is 10.1. The highest BCUT2D eigenvalue weighted by atomic mass is 16.5. The van der Waals surface area contributed by atoms with Crippen LogP contribution in [-0.4, -0.2) is 25.7 Å². The van der Waals surface area contributed by atoms with Crippen LogP contribution in [0.4, 0.5) is 5.69 Å². The molecule has 21 heavy (non-hydrogen) atoms. The molecule has 3 heteroatoms. The van der Waals surface area contributed by atoms with E-state index < -0.39 is 0 Å². The van der Waals surface area contributed by atoms with Gasteiger partial charge in [0.25, 0.3) is 0 Å². The predicted octanol–water partition coefficient (Wildman–Crippen LogP) is 4.21. The monoisotopic (exact) mass is 292 g/mol. The van der Waals surface area contributed by atoms with E-state index in [-0.39, 0.29) is 0 Å². The molecule has 0 atom stereocenters. The Kier molecular flexibility index (Phi) is 8.21. The molecule has 3 nitrogen and oxygen atoms in total. The van der Waals surface area contributed by atoms with E-state index in [2.05, 4.69) is 56.1 Å². The van der Waals surface area contributed by atoms with Gasteiger partial charge in [-0.25, -0.2) is 0 Å². The first-order valence-corrected chi connectivity index (χ1v) is 8.36. The highest BCUT2D eigenvalue weighted by Crippen LogP contribution is 2.30. The Morgan fingerprint density at radius 3 is 2.52 bits per heavy atom. The summed E-state index contributed by atoms with van der Waals surface area (Å²) in [4.78, 5) is 2.41. The van der Waals surface area contributed by atoms with Gasteiger partial charge in [0, 0.05) is 25.7 Å². The Morgan fingerprint density at radius 2 is 1.95 bits per heavy atom. The first kappa shape index (κ1) is 17.8. The molecule has 0 bridgehead atoms. The van der Waals surface area contributed by atoms with E-state index in [1.54, 1.807) is 0 Å². The lowest BCUT2D eigenvalue weighted by atomic mass is 10.1. The summed E-state index contributed by atoms with van der Waals surface area (Å²) < 4.78 is 5.88. The second kappa shape index (κ2) is 9.67. The third-order valence-electron chi connectivity index (χ3n) is 3.54. The fourth-order valence-electron chi connectivity index (χ4n) is 2.32. The van der Waals surface area contributed by atoms with Crippen LogP contribution in [0.15, 0.2) is 18.2 Å². The van der Waals surface area contributed by atoms with Crippen LogP contribution in [0, 0.1) is 0 Å². The quantitative estimate of drug-likeness (QED) is 0.699. The summed E-state index contributed by atoms with van der Waals surface area (Å²) in [6, 6.07) is 7.10. The summed E-state index contributed by atoms with van der Waals surface area (Å²) in [5, 5.41) is 3.46. The van der Waals surface area contributed by atoms with Crippen LogP contribution in [0.1, 0.15) is 53.0 Å². The molecule has 0 aliphatic heterocycles. The first-order valence-electron chi connectivity index (χ1n) is 8.36. The highest BCUT2D eigenvalue weighted by Gasteiger charge is 2.11. The second-order valence-electron chi connectivity index (χ2n) is 5.70. The van der Waals surface area contributed by atoms with Crippen molar-refractivity contribution in [2.75, 3.05) is 24.6 Å². The van der Waals surface area contributed by atoms with Crippen molar-refractivity contribution in [3.05, 3.63) is 23.8 Å². The minimum Gasteiger partial charge on any atom is -0.492 e. The molecule has 0 heterocycles. The molecule has 0 aliphatic carbocycles. The van der Waals surface area contributed by atoms with Gasteiger partial charge in [-0.05, 0) is 38.0 Å². The summed E-state index contributed by atoms with van der Waals surface area (Å²) in [5.74, 6) is 1.01. The number of hydrogen-bond donors (Lipinski definition) is 1. The smallest absolute Gasteiger partial charge is 0.142 e. The molecule has 0 aromatic heterocycles. The molecular weight excluding hydrogens is 260 g/mol. The number of unbranched alkanes of at least 4 members (excludes halogenated alkanes) is 1.